The molecule has 0 amide bonds. The Morgan fingerprint density at radius 1 is 1.15 bits per heavy atom. The lowest BCUT2D eigenvalue weighted by molar-refractivity contribution is 0.309. The average Bonchev–Trinajstić information content (AvgIpc) is 2.81. The Hall–Kier alpha value is -3.24. The second-order valence-corrected chi connectivity index (χ2v) is 10.3. The molecule has 10 heteroatoms. The van der Waals surface area contributed by atoms with Gasteiger partial charge in [-0.2, -0.15) is 4.31 Å². The maximum absolute atomic E-state index is 13.6. The predicted molar refractivity (Wildman–Crippen MR) is 131 cm³/mol. The van der Waals surface area contributed by atoms with Gasteiger partial charge in [-0.05, 0) is 44.2 Å². The highest BCUT2D eigenvalue weighted by atomic mass is 32.2. The number of likely N-dealkylation sites (N-methyl/N-ethyl adjacent to an activating group) is 1. The van der Waals surface area contributed by atoms with Crippen LogP contribution in [0.25, 0.3) is 10.9 Å². The Morgan fingerprint density at radius 2 is 1.91 bits per heavy atom. The van der Waals surface area contributed by atoms with Gasteiger partial charge in [0.25, 0.3) is 5.56 Å². The number of benzene rings is 2. The molecule has 4 rings (SSSR count). The maximum Gasteiger partial charge on any atom is 0.253 e. The highest BCUT2D eigenvalue weighted by molar-refractivity contribution is 7.89. The lowest BCUT2D eigenvalue weighted by Crippen LogP contribution is -2.38. The average molecular weight is 488 g/mol. The third kappa shape index (κ3) is 4.19. The number of aromatic amines is 1. The number of ether oxygens (including phenoxy) is 3. The van der Waals surface area contributed by atoms with Crippen molar-refractivity contribution in [1.29, 1.82) is 0 Å². The number of sulfonamides is 1. The summed E-state index contributed by atoms with van der Waals surface area (Å²) >= 11 is 0. The molecule has 0 fully saturated rings. The molecule has 0 bridgehead atoms. The molecule has 0 spiro atoms. The van der Waals surface area contributed by atoms with E-state index in [9.17, 15) is 13.2 Å². The first kappa shape index (κ1) is 23.9. The van der Waals surface area contributed by atoms with Crippen LogP contribution in [0, 0.1) is 0 Å². The number of methoxy groups -OCH3 is 2. The molecule has 3 aromatic rings. The van der Waals surface area contributed by atoms with Crippen LogP contribution < -0.4 is 24.7 Å². The minimum Gasteiger partial charge on any atom is -0.493 e. The summed E-state index contributed by atoms with van der Waals surface area (Å²) in [7, 11) is 1.05. The van der Waals surface area contributed by atoms with E-state index in [1.54, 1.807) is 50.2 Å². The standard InChI is InChI=1S/C24H29N3O6S/c1-15(2)27(34(29,30)18-7-8-19-21(13-18)33-11-10-26(19)3)14-17-12-16-6-9-20(31-4)23(32-5)22(16)25-24(17)28/h6-9,12-13,15H,10-11,14H2,1-5H3,(H,25,28). The van der Waals surface area contributed by atoms with E-state index in [1.807, 2.05) is 11.9 Å². The third-order valence-corrected chi connectivity index (χ3v) is 7.99. The first-order chi connectivity index (χ1) is 16.2. The number of hydrogen-bond acceptors (Lipinski definition) is 7. The second kappa shape index (κ2) is 9.19. The molecule has 1 aliphatic heterocycles. The first-order valence-corrected chi connectivity index (χ1v) is 12.4. The smallest absolute Gasteiger partial charge is 0.253 e. The van der Waals surface area contributed by atoms with Crippen molar-refractivity contribution in [3.05, 3.63) is 52.3 Å². The molecule has 0 radical (unpaired) electrons. The molecule has 1 aromatic heterocycles. The zero-order valence-corrected chi connectivity index (χ0v) is 20.7. The molecular formula is C24H29N3O6S. The molecule has 1 aliphatic rings. The number of anilines is 1. The molecule has 9 nitrogen and oxygen atoms in total. The SMILES string of the molecule is COc1ccc2cc(CN(C(C)C)S(=O)(=O)c3ccc4c(c3)OCCN4C)c(=O)[nH]c2c1OC. The van der Waals surface area contributed by atoms with Crippen LogP contribution in [0.2, 0.25) is 0 Å². The van der Waals surface area contributed by atoms with Crippen molar-refractivity contribution in [2.24, 2.45) is 0 Å². The Labute approximate surface area is 198 Å². The van der Waals surface area contributed by atoms with Crippen LogP contribution in [0.1, 0.15) is 19.4 Å². The van der Waals surface area contributed by atoms with Crippen molar-refractivity contribution < 1.29 is 22.6 Å². The number of nitrogens with zero attached hydrogens (tertiary/aromatic N) is 2. The first-order valence-electron chi connectivity index (χ1n) is 10.9. The van der Waals surface area contributed by atoms with Gasteiger partial charge in [0.1, 0.15) is 12.4 Å². The van der Waals surface area contributed by atoms with Crippen molar-refractivity contribution >= 4 is 26.6 Å². The molecule has 0 saturated heterocycles. The summed E-state index contributed by atoms with van der Waals surface area (Å²) in [4.78, 5) is 17.9. The van der Waals surface area contributed by atoms with Crippen LogP contribution in [0.4, 0.5) is 5.69 Å². The highest BCUT2D eigenvalue weighted by Crippen LogP contribution is 2.35. The van der Waals surface area contributed by atoms with E-state index in [2.05, 4.69) is 4.98 Å². The second-order valence-electron chi connectivity index (χ2n) is 8.43. The van der Waals surface area contributed by atoms with E-state index in [0.29, 0.717) is 40.3 Å². The fourth-order valence-corrected chi connectivity index (χ4v) is 5.73. The predicted octanol–water partition coefficient (Wildman–Crippen LogP) is 2.97. The fraction of sp³-hybridized carbons (Fsp3) is 0.375. The Kier molecular flexibility index (Phi) is 6.46. The van der Waals surface area contributed by atoms with Crippen LogP contribution >= 0.6 is 0 Å². The number of hydrogen-bond donors (Lipinski definition) is 1. The summed E-state index contributed by atoms with van der Waals surface area (Å²) in [6.07, 6.45) is 0. The van der Waals surface area contributed by atoms with Crippen LogP contribution in [0.3, 0.4) is 0 Å². The van der Waals surface area contributed by atoms with Crippen molar-refractivity contribution in [1.82, 2.24) is 9.29 Å². The summed E-state index contributed by atoms with van der Waals surface area (Å²) in [6.45, 7) is 4.70. The van der Waals surface area contributed by atoms with E-state index >= 15 is 0 Å². The van der Waals surface area contributed by atoms with Gasteiger partial charge in [-0.1, -0.05) is 0 Å². The number of nitrogens with one attached hydrogen (secondary N) is 1. The van der Waals surface area contributed by atoms with E-state index in [1.165, 1.54) is 18.5 Å². The van der Waals surface area contributed by atoms with Crippen LogP contribution in [-0.2, 0) is 16.6 Å². The number of pyridine rings is 1. The fourth-order valence-electron chi connectivity index (χ4n) is 4.10. The van der Waals surface area contributed by atoms with Gasteiger partial charge >= 0.3 is 0 Å². The van der Waals surface area contributed by atoms with Gasteiger partial charge in [-0.25, -0.2) is 8.42 Å². The molecular weight excluding hydrogens is 458 g/mol. The zero-order chi connectivity index (χ0) is 24.6. The van der Waals surface area contributed by atoms with E-state index < -0.39 is 15.6 Å². The summed E-state index contributed by atoms with van der Waals surface area (Å²) in [5.74, 6) is 1.43. The van der Waals surface area contributed by atoms with Gasteiger partial charge in [-0.15, -0.1) is 0 Å². The Bertz CT molecular complexity index is 1380. The minimum absolute atomic E-state index is 0.0859. The summed E-state index contributed by atoms with van der Waals surface area (Å²) in [5, 5.41) is 0.707. The number of fused-ring (bicyclic) bond motifs is 2. The maximum atomic E-state index is 13.6. The molecule has 34 heavy (non-hydrogen) atoms. The monoisotopic (exact) mass is 487 g/mol. The molecule has 0 saturated carbocycles. The zero-order valence-electron chi connectivity index (χ0n) is 19.9. The molecule has 0 atom stereocenters. The summed E-state index contributed by atoms with van der Waals surface area (Å²) in [6, 6.07) is 9.72. The van der Waals surface area contributed by atoms with Gasteiger partial charge < -0.3 is 24.1 Å². The Balaban J connectivity index is 1.74. The Morgan fingerprint density at radius 3 is 2.59 bits per heavy atom. The van der Waals surface area contributed by atoms with Gasteiger partial charge in [0.15, 0.2) is 11.5 Å². The lowest BCUT2D eigenvalue weighted by atomic mass is 10.1. The van der Waals surface area contributed by atoms with Crippen molar-refractivity contribution in [3.63, 3.8) is 0 Å². The van der Waals surface area contributed by atoms with Crippen LogP contribution in [0.15, 0.2) is 46.1 Å². The summed E-state index contributed by atoms with van der Waals surface area (Å²) < 4.78 is 45.0. The minimum atomic E-state index is -3.91. The molecule has 182 valence electrons. The molecule has 1 N–H and O–H groups in total. The van der Waals surface area contributed by atoms with E-state index in [0.717, 1.165) is 12.2 Å². The number of rotatable bonds is 7. The number of aromatic nitrogens is 1. The van der Waals surface area contributed by atoms with Gasteiger partial charge in [0.2, 0.25) is 10.0 Å². The lowest BCUT2D eigenvalue weighted by Gasteiger charge is -2.29. The quantitative estimate of drug-likeness (QED) is 0.547. The highest BCUT2D eigenvalue weighted by Gasteiger charge is 2.30. The molecule has 0 unspecified atom stereocenters. The topological polar surface area (TPSA) is 101 Å². The third-order valence-electron chi connectivity index (χ3n) is 5.97. The normalized spacial score (nSPS) is 13.8. The molecule has 2 heterocycles. The van der Waals surface area contributed by atoms with Crippen LogP contribution in [0.5, 0.6) is 17.2 Å². The van der Waals surface area contributed by atoms with Gasteiger partial charge in [-0.3, -0.25) is 4.79 Å². The van der Waals surface area contributed by atoms with E-state index in [-0.39, 0.29) is 17.5 Å². The van der Waals surface area contributed by atoms with Gasteiger partial charge in [0, 0.05) is 36.7 Å². The molecule has 0 aliphatic carbocycles. The largest absolute Gasteiger partial charge is 0.493 e. The molecule has 2 aromatic carbocycles. The number of H-pyrrole nitrogens is 1. The van der Waals surface area contributed by atoms with Crippen molar-refractivity contribution in [3.8, 4) is 17.2 Å². The van der Waals surface area contributed by atoms with Crippen molar-refractivity contribution in [2.75, 3.05) is 39.3 Å². The summed E-state index contributed by atoms with van der Waals surface area (Å²) in [5.41, 5.74) is 1.27. The van der Waals surface area contributed by atoms with Crippen molar-refractivity contribution in [2.45, 2.75) is 31.3 Å². The van der Waals surface area contributed by atoms with Crippen LogP contribution in [-0.4, -0.2) is 58.2 Å². The van der Waals surface area contributed by atoms with E-state index in [4.69, 9.17) is 14.2 Å². The van der Waals surface area contributed by atoms with Gasteiger partial charge in [0.05, 0.1) is 36.9 Å².